The number of carbonyl (C=O) groups is 2. The summed E-state index contributed by atoms with van der Waals surface area (Å²) in [6.45, 7) is 8.47. The van der Waals surface area contributed by atoms with Crippen molar-refractivity contribution < 1.29 is 14.0 Å². The van der Waals surface area contributed by atoms with Gasteiger partial charge in [-0.15, -0.1) is 0 Å². The van der Waals surface area contributed by atoms with E-state index in [1.54, 1.807) is 18.1 Å². The van der Waals surface area contributed by atoms with Crippen molar-refractivity contribution >= 4 is 23.2 Å². The lowest BCUT2D eigenvalue weighted by atomic mass is 9.92. The van der Waals surface area contributed by atoms with Crippen LogP contribution in [0.1, 0.15) is 45.4 Å². The van der Waals surface area contributed by atoms with Crippen molar-refractivity contribution in [2.45, 2.75) is 47.2 Å². The van der Waals surface area contributed by atoms with E-state index in [-0.39, 0.29) is 17.2 Å². The van der Waals surface area contributed by atoms with Crippen LogP contribution in [-0.4, -0.2) is 30.8 Å². The molecule has 28 heavy (non-hydrogen) atoms. The van der Waals surface area contributed by atoms with Gasteiger partial charge in [0.1, 0.15) is 5.76 Å². The van der Waals surface area contributed by atoms with Gasteiger partial charge in [0.25, 0.3) is 0 Å². The molecule has 0 aliphatic carbocycles. The summed E-state index contributed by atoms with van der Waals surface area (Å²) in [7, 11) is 3.92. The molecule has 1 aromatic heterocycles. The molecule has 2 amide bonds. The lowest BCUT2D eigenvalue weighted by Crippen LogP contribution is -2.28. The van der Waals surface area contributed by atoms with Crippen molar-refractivity contribution in [3.05, 3.63) is 47.9 Å². The fourth-order valence-electron chi connectivity index (χ4n) is 2.99. The van der Waals surface area contributed by atoms with Crippen LogP contribution in [0.25, 0.3) is 0 Å². The SMILES string of the molecule is CC(=O)N(Cc1ccco1)Cc1cc(NC(=O)CC(C)(C)C)ccc1N(C)C. The largest absolute Gasteiger partial charge is 0.467 e. The van der Waals surface area contributed by atoms with Gasteiger partial charge in [-0.2, -0.15) is 0 Å². The van der Waals surface area contributed by atoms with E-state index in [2.05, 4.69) is 5.32 Å². The van der Waals surface area contributed by atoms with Crippen LogP contribution in [0.2, 0.25) is 0 Å². The van der Waals surface area contributed by atoms with Gasteiger partial charge >= 0.3 is 0 Å². The Kier molecular flexibility index (Phi) is 6.89. The van der Waals surface area contributed by atoms with Crippen LogP contribution in [-0.2, 0) is 22.7 Å². The average Bonchev–Trinajstić information content (AvgIpc) is 3.05. The highest BCUT2D eigenvalue weighted by Gasteiger charge is 2.18. The van der Waals surface area contributed by atoms with Crippen molar-refractivity contribution in [3.8, 4) is 0 Å². The second-order valence-electron chi connectivity index (χ2n) is 8.48. The smallest absolute Gasteiger partial charge is 0.224 e. The van der Waals surface area contributed by atoms with Crippen LogP contribution < -0.4 is 10.2 Å². The number of hydrogen-bond acceptors (Lipinski definition) is 4. The number of nitrogens with one attached hydrogen (secondary N) is 1. The fourth-order valence-corrected chi connectivity index (χ4v) is 2.99. The van der Waals surface area contributed by atoms with Crippen LogP contribution in [0.15, 0.2) is 41.0 Å². The molecule has 0 aliphatic heterocycles. The highest BCUT2D eigenvalue weighted by Crippen LogP contribution is 2.26. The van der Waals surface area contributed by atoms with E-state index in [9.17, 15) is 9.59 Å². The number of carbonyl (C=O) groups excluding carboxylic acids is 2. The van der Waals surface area contributed by atoms with Crippen molar-refractivity contribution in [1.82, 2.24) is 4.90 Å². The molecule has 0 spiro atoms. The molecule has 6 heteroatoms. The molecule has 0 radical (unpaired) electrons. The number of furan rings is 1. The Morgan fingerprint density at radius 2 is 1.82 bits per heavy atom. The van der Waals surface area contributed by atoms with Gasteiger partial charge in [0.2, 0.25) is 11.8 Å². The predicted molar refractivity (Wildman–Crippen MR) is 112 cm³/mol. The normalized spacial score (nSPS) is 11.2. The van der Waals surface area contributed by atoms with Crippen LogP contribution >= 0.6 is 0 Å². The number of amides is 2. The minimum absolute atomic E-state index is 0.0185. The van der Waals surface area contributed by atoms with Gasteiger partial charge in [-0.3, -0.25) is 9.59 Å². The lowest BCUT2D eigenvalue weighted by molar-refractivity contribution is -0.130. The Balaban J connectivity index is 2.24. The van der Waals surface area contributed by atoms with E-state index in [0.29, 0.717) is 19.5 Å². The van der Waals surface area contributed by atoms with Gasteiger partial charge < -0.3 is 19.5 Å². The molecule has 0 atom stereocenters. The first-order valence-electron chi connectivity index (χ1n) is 9.43. The summed E-state index contributed by atoms with van der Waals surface area (Å²) in [5, 5.41) is 2.97. The zero-order chi connectivity index (χ0) is 20.9. The maximum Gasteiger partial charge on any atom is 0.224 e. The number of anilines is 2. The van der Waals surface area contributed by atoms with E-state index in [1.165, 1.54) is 0 Å². The first-order valence-corrected chi connectivity index (χ1v) is 9.43. The summed E-state index contributed by atoms with van der Waals surface area (Å²) in [6.07, 6.45) is 2.04. The predicted octanol–water partition coefficient (Wildman–Crippen LogP) is 4.27. The first-order chi connectivity index (χ1) is 13.0. The van der Waals surface area contributed by atoms with Gasteiger partial charge in [-0.25, -0.2) is 0 Å². The van der Waals surface area contributed by atoms with Crippen molar-refractivity contribution in [2.24, 2.45) is 5.41 Å². The van der Waals surface area contributed by atoms with E-state index in [4.69, 9.17) is 4.42 Å². The Morgan fingerprint density at radius 3 is 2.36 bits per heavy atom. The lowest BCUT2D eigenvalue weighted by Gasteiger charge is -2.25. The molecule has 0 fully saturated rings. The maximum absolute atomic E-state index is 12.3. The van der Waals surface area contributed by atoms with Crippen LogP contribution in [0, 0.1) is 5.41 Å². The molecule has 2 rings (SSSR count). The summed E-state index contributed by atoms with van der Waals surface area (Å²) < 4.78 is 5.39. The number of benzene rings is 1. The summed E-state index contributed by atoms with van der Waals surface area (Å²) in [4.78, 5) is 28.2. The maximum atomic E-state index is 12.3. The van der Waals surface area contributed by atoms with Gasteiger partial charge in [-0.05, 0) is 41.3 Å². The molecule has 0 bridgehead atoms. The monoisotopic (exact) mass is 385 g/mol. The molecule has 1 heterocycles. The minimum atomic E-state index is -0.0784. The molecule has 0 saturated carbocycles. The standard InChI is InChI=1S/C22H31N3O3/c1-16(26)25(15-19-8-7-11-28-19)14-17-12-18(9-10-20(17)24(5)6)23-21(27)13-22(2,3)4/h7-12H,13-15H2,1-6H3,(H,23,27). The molecule has 1 aromatic carbocycles. The zero-order valence-corrected chi connectivity index (χ0v) is 17.7. The quantitative estimate of drug-likeness (QED) is 0.773. The molecular formula is C22H31N3O3. The van der Waals surface area contributed by atoms with Crippen LogP contribution in [0.5, 0.6) is 0 Å². The van der Waals surface area contributed by atoms with Gasteiger partial charge in [0.15, 0.2) is 0 Å². The van der Waals surface area contributed by atoms with Gasteiger partial charge in [-0.1, -0.05) is 20.8 Å². The first kappa shape index (κ1) is 21.5. The fraction of sp³-hybridized carbons (Fsp3) is 0.455. The van der Waals surface area contributed by atoms with Crippen molar-refractivity contribution in [2.75, 3.05) is 24.3 Å². The molecule has 1 N–H and O–H groups in total. The number of nitrogens with zero attached hydrogens (tertiary/aromatic N) is 2. The third-order valence-corrected chi connectivity index (χ3v) is 4.27. The number of rotatable bonds is 7. The zero-order valence-electron chi connectivity index (χ0n) is 17.7. The van der Waals surface area contributed by atoms with Crippen LogP contribution in [0.3, 0.4) is 0 Å². The van der Waals surface area contributed by atoms with E-state index in [1.807, 2.05) is 70.1 Å². The summed E-state index contributed by atoms with van der Waals surface area (Å²) >= 11 is 0. The molecule has 2 aromatic rings. The Morgan fingerprint density at radius 1 is 1.11 bits per heavy atom. The molecule has 0 aliphatic rings. The second-order valence-corrected chi connectivity index (χ2v) is 8.48. The Labute approximate surface area is 167 Å². The molecule has 152 valence electrons. The second kappa shape index (κ2) is 8.95. The van der Waals surface area contributed by atoms with E-state index in [0.717, 1.165) is 22.7 Å². The summed E-state index contributed by atoms with van der Waals surface area (Å²) in [5.74, 6) is 0.676. The molecular weight excluding hydrogens is 354 g/mol. The van der Waals surface area contributed by atoms with Gasteiger partial charge in [0.05, 0.1) is 12.8 Å². The molecule has 0 unspecified atom stereocenters. The summed E-state index contributed by atoms with van der Waals surface area (Å²) in [5.41, 5.74) is 2.61. The average molecular weight is 386 g/mol. The van der Waals surface area contributed by atoms with Crippen molar-refractivity contribution in [3.63, 3.8) is 0 Å². The number of hydrogen-bond donors (Lipinski definition) is 1. The molecule has 0 saturated heterocycles. The summed E-state index contributed by atoms with van der Waals surface area (Å²) in [6, 6.07) is 9.46. The highest BCUT2D eigenvalue weighted by molar-refractivity contribution is 5.91. The van der Waals surface area contributed by atoms with Gasteiger partial charge in [0, 0.05) is 45.4 Å². The van der Waals surface area contributed by atoms with Crippen LogP contribution in [0.4, 0.5) is 11.4 Å². The highest BCUT2D eigenvalue weighted by atomic mass is 16.3. The molecule has 6 nitrogen and oxygen atoms in total. The van der Waals surface area contributed by atoms with Crippen molar-refractivity contribution in [1.29, 1.82) is 0 Å². The topological polar surface area (TPSA) is 65.8 Å². The van der Waals surface area contributed by atoms with E-state index < -0.39 is 0 Å². The Hall–Kier alpha value is -2.76. The third kappa shape index (κ3) is 6.44. The Bertz CT molecular complexity index is 805. The third-order valence-electron chi connectivity index (χ3n) is 4.27. The van der Waals surface area contributed by atoms with E-state index >= 15 is 0 Å². The minimum Gasteiger partial charge on any atom is -0.467 e.